The third kappa shape index (κ3) is 5.25. The van der Waals surface area contributed by atoms with Crippen LogP contribution in [0.5, 0.6) is 0 Å². The average molecular weight is 430 g/mol. The van der Waals surface area contributed by atoms with E-state index in [1.165, 1.54) is 20.3 Å². The van der Waals surface area contributed by atoms with Crippen molar-refractivity contribution < 1.29 is 27.9 Å². The number of amides is 1. The molecule has 2 aromatic carbocycles. The lowest BCUT2D eigenvalue weighted by Crippen LogP contribution is -2.40. The first-order valence-electron chi connectivity index (χ1n) is 9.95. The van der Waals surface area contributed by atoms with Crippen molar-refractivity contribution in [3.63, 3.8) is 0 Å². The molecule has 0 bridgehead atoms. The Labute approximate surface area is 179 Å². The molecule has 0 unspecified atom stereocenters. The maximum absolute atomic E-state index is 13.8. The topological polar surface area (TPSA) is 68.2 Å². The van der Waals surface area contributed by atoms with Gasteiger partial charge < -0.3 is 14.5 Å². The summed E-state index contributed by atoms with van der Waals surface area (Å²) >= 11 is 0. The Hall–Kier alpha value is -3.29. The highest BCUT2D eigenvalue weighted by atomic mass is 19.1. The maximum Gasteiger partial charge on any atom is 0.409 e. The number of benzene rings is 2. The highest BCUT2D eigenvalue weighted by Gasteiger charge is 2.28. The Morgan fingerprint density at radius 2 is 1.65 bits per heavy atom. The lowest BCUT2D eigenvalue weighted by Gasteiger charge is -2.31. The van der Waals surface area contributed by atoms with E-state index in [4.69, 9.17) is 9.57 Å². The van der Waals surface area contributed by atoms with Gasteiger partial charge in [0.15, 0.2) is 5.78 Å². The van der Waals surface area contributed by atoms with Crippen molar-refractivity contribution in [3.05, 3.63) is 70.8 Å². The van der Waals surface area contributed by atoms with E-state index in [2.05, 4.69) is 5.16 Å². The van der Waals surface area contributed by atoms with Gasteiger partial charge in [0.1, 0.15) is 18.7 Å². The summed E-state index contributed by atoms with van der Waals surface area (Å²) in [7, 11) is 2.83. The number of rotatable bonds is 6. The molecule has 1 amide bonds. The molecule has 6 nitrogen and oxygen atoms in total. The molecule has 164 valence electrons. The molecule has 0 aromatic heterocycles. The number of ether oxygens (including phenoxy) is 1. The van der Waals surface area contributed by atoms with Crippen LogP contribution in [0.1, 0.15) is 34.3 Å². The second kappa shape index (κ2) is 10.1. The van der Waals surface area contributed by atoms with Gasteiger partial charge >= 0.3 is 6.09 Å². The Balaban J connectivity index is 1.71. The highest BCUT2D eigenvalue weighted by Crippen LogP contribution is 2.24. The lowest BCUT2D eigenvalue weighted by molar-refractivity contribution is 0.0984. The van der Waals surface area contributed by atoms with Crippen LogP contribution in [0.25, 0.3) is 0 Å². The molecular formula is C23H24F2N2O4. The number of halogens is 2. The molecule has 1 fully saturated rings. The number of likely N-dealkylation sites (tertiary alicyclic amines) is 1. The number of nitrogens with zero attached hydrogens (tertiary/aromatic N) is 2. The monoisotopic (exact) mass is 430 g/mol. The van der Waals surface area contributed by atoms with E-state index in [9.17, 15) is 18.4 Å². The third-order valence-electron chi connectivity index (χ3n) is 5.36. The Morgan fingerprint density at radius 3 is 2.19 bits per heavy atom. The predicted molar refractivity (Wildman–Crippen MR) is 111 cm³/mol. The minimum atomic E-state index is -0.866. The van der Waals surface area contributed by atoms with Gasteiger partial charge in [0, 0.05) is 25.4 Å². The number of ketones is 1. The van der Waals surface area contributed by atoms with Crippen LogP contribution in [-0.2, 0) is 16.0 Å². The van der Waals surface area contributed by atoms with Crippen LogP contribution >= 0.6 is 0 Å². The molecule has 2 aromatic rings. The van der Waals surface area contributed by atoms with Crippen molar-refractivity contribution in [3.8, 4) is 0 Å². The van der Waals surface area contributed by atoms with E-state index in [1.807, 2.05) is 12.1 Å². The minimum absolute atomic E-state index is 0.0980. The predicted octanol–water partition coefficient (Wildman–Crippen LogP) is 4.22. The molecule has 3 rings (SSSR count). The highest BCUT2D eigenvalue weighted by molar-refractivity contribution is 6.02. The SMILES string of the molecule is CO/N=C(\c1ccc(CC(=O)c2c(F)cccc2F)cc1)C1CCN(C(=O)OC)CC1. The second-order valence-corrected chi connectivity index (χ2v) is 7.28. The first kappa shape index (κ1) is 22.4. The van der Waals surface area contributed by atoms with Gasteiger partial charge in [0.2, 0.25) is 0 Å². The summed E-state index contributed by atoms with van der Waals surface area (Å²) < 4.78 is 32.4. The van der Waals surface area contributed by atoms with Gasteiger partial charge in [-0.3, -0.25) is 4.79 Å². The van der Waals surface area contributed by atoms with Crippen LogP contribution in [0.3, 0.4) is 0 Å². The number of hydrogen-bond donors (Lipinski definition) is 0. The molecule has 1 heterocycles. The summed E-state index contributed by atoms with van der Waals surface area (Å²) in [6.45, 7) is 1.11. The normalized spacial score (nSPS) is 15.0. The van der Waals surface area contributed by atoms with Crippen molar-refractivity contribution in [2.24, 2.45) is 11.1 Å². The van der Waals surface area contributed by atoms with Crippen LogP contribution in [0.4, 0.5) is 13.6 Å². The van der Waals surface area contributed by atoms with Crippen molar-refractivity contribution >= 4 is 17.6 Å². The fraction of sp³-hybridized carbons (Fsp3) is 0.348. The molecule has 1 aliphatic heterocycles. The molecule has 0 aliphatic carbocycles. The van der Waals surface area contributed by atoms with Gasteiger partial charge in [-0.25, -0.2) is 13.6 Å². The van der Waals surface area contributed by atoms with Crippen molar-refractivity contribution in [1.82, 2.24) is 4.90 Å². The van der Waals surface area contributed by atoms with E-state index in [0.29, 0.717) is 31.5 Å². The largest absolute Gasteiger partial charge is 0.453 e. The molecule has 0 radical (unpaired) electrons. The minimum Gasteiger partial charge on any atom is -0.453 e. The summed E-state index contributed by atoms with van der Waals surface area (Å²) in [6, 6.07) is 10.5. The smallest absolute Gasteiger partial charge is 0.409 e. The van der Waals surface area contributed by atoms with E-state index in [1.54, 1.807) is 17.0 Å². The number of carbonyl (C=O) groups is 2. The first-order valence-corrected chi connectivity index (χ1v) is 9.95. The van der Waals surface area contributed by atoms with E-state index < -0.39 is 23.0 Å². The van der Waals surface area contributed by atoms with Crippen LogP contribution in [-0.4, -0.2) is 49.8 Å². The molecular weight excluding hydrogens is 406 g/mol. The summed E-state index contributed by atoms with van der Waals surface area (Å²) in [6.07, 6.45) is 0.963. The van der Waals surface area contributed by atoms with Crippen molar-refractivity contribution in [2.75, 3.05) is 27.3 Å². The number of hydrogen-bond acceptors (Lipinski definition) is 5. The zero-order valence-corrected chi connectivity index (χ0v) is 17.4. The maximum atomic E-state index is 13.8. The van der Waals surface area contributed by atoms with Gasteiger partial charge in [0.25, 0.3) is 0 Å². The summed E-state index contributed by atoms with van der Waals surface area (Å²) in [4.78, 5) is 30.7. The van der Waals surface area contributed by atoms with Crippen LogP contribution in [0.15, 0.2) is 47.6 Å². The third-order valence-corrected chi connectivity index (χ3v) is 5.36. The molecule has 0 atom stereocenters. The molecule has 0 saturated carbocycles. The molecule has 31 heavy (non-hydrogen) atoms. The van der Waals surface area contributed by atoms with E-state index >= 15 is 0 Å². The fourth-order valence-electron chi connectivity index (χ4n) is 3.76. The molecule has 1 aliphatic rings. The summed E-state index contributed by atoms with van der Waals surface area (Å²) in [5, 5.41) is 4.19. The molecule has 0 N–H and O–H groups in total. The van der Waals surface area contributed by atoms with Crippen molar-refractivity contribution in [2.45, 2.75) is 19.3 Å². The van der Waals surface area contributed by atoms with E-state index in [0.717, 1.165) is 23.4 Å². The van der Waals surface area contributed by atoms with E-state index in [-0.39, 0.29) is 18.4 Å². The second-order valence-electron chi connectivity index (χ2n) is 7.28. The first-order chi connectivity index (χ1) is 14.9. The molecule has 8 heteroatoms. The number of piperidine rings is 1. The summed E-state index contributed by atoms with van der Waals surface area (Å²) in [5.41, 5.74) is 1.69. The number of methoxy groups -OCH3 is 1. The number of Topliss-reactive ketones (excluding diaryl/α,β-unsaturated/α-hetero) is 1. The van der Waals surface area contributed by atoms with Gasteiger partial charge in [0.05, 0.1) is 18.4 Å². The fourth-order valence-corrected chi connectivity index (χ4v) is 3.76. The Bertz CT molecular complexity index is 948. The lowest BCUT2D eigenvalue weighted by atomic mass is 9.87. The van der Waals surface area contributed by atoms with Gasteiger partial charge in [-0.05, 0) is 36.1 Å². The van der Waals surface area contributed by atoms with Gasteiger partial charge in [-0.1, -0.05) is 35.5 Å². The number of oxime groups is 1. The zero-order chi connectivity index (χ0) is 22.4. The number of carbonyl (C=O) groups excluding carboxylic acids is 2. The van der Waals surface area contributed by atoms with Crippen molar-refractivity contribution in [1.29, 1.82) is 0 Å². The Morgan fingerprint density at radius 1 is 1.03 bits per heavy atom. The Kier molecular flexibility index (Phi) is 7.33. The standard InChI is InChI=1S/C23H24F2N2O4/c1-30-23(29)27-12-10-17(11-13-27)22(26-31-2)16-8-6-15(7-9-16)14-20(28)21-18(24)4-3-5-19(21)25/h3-9,17H,10-14H2,1-2H3/b26-22+. The van der Waals surface area contributed by atoms with Crippen LogP contribution in [0.2, 0.25) is 0 Å². The molecule has 0 spiro atoms. The summed E-state index contributed by atoms with van der Waals surface area (Å²) in [5.74, 6) is -2.26. The molecule has 1 saturated heterocycles. The quantitative estimate of drug-likeness (QED) is 0.391. The van der Waals surface area contributed by atoms with Gasteiger partial charge in [-0.2, -0.15) is 0 Å². The van der Waals surface area contributed by atoms with Crippen LogP contribution in [0, 0.1) is 17.6 Å². The zero-order valence-electron chi connectivity index (χ0n) is 17.4. The van der Waals surface area contributed by atoms with Gasteiger partial charge in [-0.15, -0.1) is 0 Å². The average Bonchev–Trinajstić information content (AvgIpc) is 2.77. The van der Waals surface area contributed by atoms with Crippen LogP contribution < -0.4 is 0 Å².